The Morgan fingerprint density at radius 1 is 1.24 bits per heavy atom. The van der Waals surface area contributed by atoms with E-state index in [1.807, 2.05) is 35.0 Å². The van der Waals surface area contributed by atoms with Crippen LogP contribution in [-0.2, 0) is 18.4 Å². The molecule has 25 heavy (non-hydrogen) atoms. The Hall–Kier alpha value is -2.34. The molecule has 0 saturated carbocycles. The molecule has 0 bridgehead atoms. The van der Waals surface area contributed by atoms with E-state index in [1.165, 1.54) is 16.2 Å². The van der Waals surface area contributed by atoms with E-state index in [0.717, 1.165) is 30.2 Å². The first-order chi connectivity index (χ1) is 11.8. The molecule has 0 radical (unpaired) electrons. The number of quaternary nitrogens is 1. The number of carbonyl (C=O) groups excluding carboxylic acids is 1. The molecule has 1 atom stereocenters. The highest BCUT2D eigenvalue weighted by atomic mass is 16.2. The summed E-state index contributed by atoms with van der Waals surface area (Å²) in [6, 6.07) is 8.51. The maximum atomic E-state index is 12.5. The largest absolute Gasteiger partial charge is 0.378 e. The predicted octanol–water partition coefficient (Wildman–Crippen LogP) is 1.15. The zero-order valence-electron chi connectivity index (χ0n) is 16.2. The van der Waals surface area contributed by atoms with Crippen molar-refractivity contribution in [3.8, 4) is 0 Å². The Morgan fingerprint density at radius 3 is 2.36 bits per heavy atom. The molecule has 0 aliphatic carbocycles. The van der Waals surface area contributed by atoms with Crippen LogP contribution in [0.2, 0.25) is 0 Å². The summed E-state index contributed by atoms with van der Waals surface area (Å²) in [6.45, 7) is 8.17. The summed E-state index contributed by atoms with van der Waals surface area (Å²) in [7, 11) is 5.95. The molecule has 1 unspecified atom stereocenters. The molecule has 0 saturated heterocycles. The van der Waals surface area contributed by atoms with E-state index in [0.29, 0.717) is 6.54 Å². The third kappa shape index (κ3) is 4.82. The lowest BCUT2D eigenvalue weighted by Crippen LogP contribution is -3.11. The van der Waals surface area contributed by atoms with Gasteiger partial charge in [0.2, 0.25) is 0 Å². The average molecular weight is 344 g/mol. The molecule has 1 aromatic heterocycles. The second-order valence-electron chi connectivity index (χ2n) is 6.74. The number of aromatic nitrogens is 2. The number of amides is 1. The molecule has 136 valence electrons. The summed E-state index contributed by atoms with van der Waals surface area (Å²) in [4.78, 5) is 15.8. The molecule has 2 N–H and O–H groups in total. The van der Waals surface area contributed by atoms with Gasteiger partial charge in [0.25, 0.3) is 5.91 Å². The number of nitrogens with one attached hydrogen (secondary N) is 2. The fourth-order valence-electron chi connectivity index (χ4n) is 2.88. The summed E-state index contributed by atoms with van der Waals surface area (Å²) < 4.78 is 1.79. The van der Waals surface area contributed by atoms with Gasteiger partial charge in [-0.2, -0.15) is 5.10 Å². The van der Waals surface area contributed by atoms with Gasteiger partial charge in [-0.25, -0.2) is 0 Å². The van der Waals surface area contributed by atoms with Crippen molar-refractivity contribution in [3.05, 3.63) is 41.2 Å². The van der Waals surface area contributed by atoms with Crippen LogP contribution in [0.3, 0.4) is 0 Å². The van der Waals surface area contributed by atoms with Crippen molar-refractivity contribution in [2.45, 2.75) is 27.3 Å². The van der Waals surface area contributed by atoms with Gasteiger partial charge in [0.05, 0.1) is 23.6 Å². The molecule has 2 rings (SSSR count). The minimum Gasteiger partial charge on any atom is -0.378 e. The van der Waals surface area contributed by atoms with Gasteiger partial charge in [-0.05, 0) is 32.9 Å². The molecule has 2 aromatic rings. The Bertz CT molecular complexity index is 718. The van der Waals surface area contributed by atoms with E-state index in [-0.39, 0.29) is 5.91 Å². The maximum Gasteiger partial charge on any atom is 0.279 e. The Kier molecular flexibility index (Phi) is 6.20. The van der Waals surface area contributed by atoms with Crippen LogP contribution in [0.25, 0.3) is 0 Å². The van der Waals surface area contributed by atoms with Crippen molar-refractivity contribution < 1.29 is 9.69 Å². The number of anilines is 2. The number of hydrogen-bond donors (Lipinski definition) is 2. The molecule has 0 aliphatic heterocycles. The fraction of sp³-hybridized carbons (Fsp3) is 0.474. The summed E-state index contributed by atoms with van der Waals surface area (Å²) in [5.41, 5.74) is 5.08. The van der Waals surface area contributed by atoms with Crippen LogP contribution in [0.15, 0.2) is 24.3 Å². The van der Waals surface area contributed by atoms with Crippen LogP contribution in [0.1, 0.15) is 23.9 Å². The van der Waals surface area contributed by atoms with E-state index in [4.69, 9.17) is 0 Å². The quantitative estimate of drug-likeness (QED) is 0.792. The monoisotopic (exact) mass is 344 g/mol. The lowest BCUT2D eigenvalue weighted by Gasteiger charge is -2.18. The van der Waals surface area contributed by atoms with Crippen molar-refractivity contribution in [2.75, 3.05) is 37.4 Å². The van der Waals surface area contributed by atoms with Crippen LogP contribution >= 0.6 is 0 Å². The highest BCUT2D eigenvalue weighted by Crippen LogP contribution is 2.17. The van der Waals surface area contributed by atoms with Gasteiger partial charge in [0, 0.05) is 32.4 Å². The highest BCUT2D eigenvalue weighted by molar-refractivity contribution is 5.92. The van der Waals surface area contributed by atoms with Crippen molar-refractivity contribution in [3.63, 3.8) is 0 Å². The minimum absolute atomic E-state index is 0.0287. The second kappa shape index (κ2) is 8.16. The summed E-state index contributed by atoms with van der Waals surface area (Å²) in [5, 5.41) is 7.37. The lowest BCUT2D eigenvalue weighted by molar-refractivity contribution is -0.903. The van der Waals surface area contributed by atoms with Gasteiger partial charge in [0.15, 0.2) is 6.54 Å². The summed E-state index contributed by atoms with van der Waals surface area (Å²) >= 11 is 0. The van der Waals surface area contributed by atoms with Crippen molar-refractivity contribution >= 4 is 17.3 Å². The highest BCUT2D eigenvalue weighted by Gasteiger charge is 2.17. The Labute approximate surface area is 150 Å². The molecule has 1 amide bonds. The number of carbonyl (C=O) groups is 1. The topological polar surface area (TPSA) is 54.6 Å². The van der Waals surface area contributed by atoms with Gasteiger partial charge >= 0.3 is 0 Å². The van der Waals surface area contributed by atoms with Crippen LogP contribution < -0.4 is 15.1 Å². The van der Waals surface area contributed by atoms with Crippen molar-refractivity contribution in [1.29, 1.82) is 0 Å². The second-order valence-corrected chi connectivity index (χ2v) is 6.74. The molecule has 0 aliphatic rings. The first kappa shape index (κ1) is 19.0. The summed E-state index contributed by atoms with van der Waals surface area (Å²) in [6.07, 6.45) is 0. The summed E-state index contributed by atoms with van der Waals surface area (Å²) in [5.74, 6) is 0.0287. The zero-order chi connectivity index (χ0) is 18.6. The SMILES string of the molecule is CC[NH+](CC(=O)Nc1c(C)nn(C)c1C)Cc1ccc(N(C)C)cc1. The van der Waals surface area contributed by atoms with E-state index in [9.17, 15) is 4.79 Å². The third-order valence-electron chi connectivity index (χ3n) is 4.59. The molecular weight excluding hydrogens is 314 g/mol. The maximum absolute atomic E-state index is 12.5. The van der Waals surface area contributed by atoms with E-state index >= 15 is 0 Å². The van der Waals surface area contributed by atoms with Crippen LogP contribution in [0, 0.1) is 13.8 Å². The smallest absolute Gasteiger partial charge is 0.279 e. The first-order valence-electron chi connectivity index (χ1n) is 8.71. The van der Waals surface area contributed by atoms with Crippen LogP contribution in [-0.4, -0.2) is 42.9 Å². The molecule has 0 fully saturated rings. The van der Waals surface area contributed by atoms with Crippen LogP contribution in [0.4, 0.5) is 11.4 Å². The predicted molar refractivity (Wildman–Crippen MR) is 102 cm³/mol. The molecule has 6 heteroatoms. The van der Waals surface area contributed by atoms with Gasteiger partial charge in [-0.3, -0.25) is 9.48 Å². The first-order valence-corrected chi connectivity index (χ1v) is 8.71. The normalized spacial score (nSPS) is 12.1. The molecule has 0 spiro atoms. The number of nitrogens with zero attached hydrogens (tertiary/aromatic N) is 3. The standard InChI is InChI=1S/C19H29N5O/c1-7-24(12-16-8-10-17(11-9-16)22(4)5)13-18(25)20-19-14(2)21-23(6)15(19)3/h8-11H,7,12-13H2,1-6H3,(H,20,25)/p+1. The van der Waals surface area contributed by atoms with Gasteiger partial charge in [-0.15, -0.1) is 0 Å². The third-order valence-corrected chi connectivity index (χ3v) is 4.59. The van der Waals surface area contributed by atoms with Crippen LogP contribution in [0.5, 0.6) is 0 Å². The Balaban J connectivity index is 1.97. The van der Waals surface area contributed by atoms with Gasteiger partial charge in [-0.1, -0.05) is 12.1 Å². The molecule has 6 nitrogen and oxygen atoms in total. The fourth-order valence-corrected chi connectivity index (χ4v) is 2.88. The lowest BCUT2D eigenvalue weighted by atomic mass is 10.2. The number of rotatable bonds is 7. The zero-order valence-corrected chi connectivity index (χ0v) is 16.2. The van der Waals surface area contributed by atoms with Gasteiger partial charge < -0.3 is 15.1 Å². The number of benzene rings is 1. The number of aryl methyl sites for hydroxylation is 2. The van der Waals surface area contributed by atoms with Crippen molar-refractivity contribution in [2.24, 2.45) is 7.05 Å². The van der Waals surface area contributed by atoms with E-state index in [1.54, 1.807) is 4.68 Å². The van der Waals surface area contributed by atoms with E-state index < -0.39 is 0 Å². The number of hydrogen-bond acceptors (Lipinski definition) is 3. The average Bonchev–Trinajstić information content (AvgIpc) is 2.81. The van der Waals surface area contributed by atoms with Crippen molar-refractivity contribution in [1.82, 2.24) is 9.78 Å². The number of likely N-dealkylation sites (N-methyl/N-ethyl adjacent to an activating group) is 1. The molecular formula is C19H30N5O+. The minimum atomic E-state index is 0.0287. The van der Waals surface area contributed by atoms with E-state index in [2.05, 4.69) is 46.5 Å². The Morgan fingerprint density at radius 2 is 1.88 bits per heavy atom. The molecule has 1 heterocycles. The van der Waals surface area contributed by atoms with Gasteiger partial charge in [0.1, 0.15) is 6.54 Å². The molecule has 1 aromatic carbocycles.